The minimum atomic E-state index is -0.213. The monoisotopic (exact) mass is 328 g/mol. The normalized spacial score (nSPS) is 15.5. The van der Waals surface area contributed by atoms with Crippen molar-refractivity contribution >= 4 is 23.2 Å². The van der Waals surface area contributed by atoms with Crippen molar-refractivity contribution in [1.29, 1.82) is 0 Å². The van der Waals surface area contributed by atoms with Crippen molar-refractivity contribution in [3.05, 3.63) is 58.3 Å². The molecule has 0 bridgehead atoms. The summed E-state index contributed by atoms with van der Waals surface area (Å²) in [7, 11) is 0. The van der Waals surface area contributed by atoms with Gasteiger partial charge in [0.2, 0.25) is 5.91 Å². The van der Waals surface area contributed by atoms with E-state index in [0.29, 0.717) is 18.5 Å². The fraction of sp³-hybridized carbons (Fsp3) is 0.333. The molecular formula is C18H20N2O2S. The number of carbonyl (C=O) groups excluding carboxylic acids is 2. The molecule has 1 fully saturated rings. The molecule has 0 atom stereocenters. The molecule has 2 aromatic rings. The summed E-state index contributed by atoms with van der Waals surface area (Å²) in [6.07, 6.45) is 3.38. The molecule has 0 spiro atoms. The van der Waals surface area contributed by atoms with Gasteiger partial charge in [-0.2, -0.15) is 11.3 Å². The van der Waals surface area contributed by atoms with Crippen LogP contribution in [0.4, 0.5) is 0 Å². The van der Waals surface area contributed by atoms with E-state index in [2.05, 4.69) is 22.8 Å². The van der Waals surface area contributed by atoms with Gasteiger partial charge in [-0.1, -0.05) is 30.3 Å². The Kier molecular flexibility index (Phi) is 4.76. The van der Waals surface area contributed by atoms with Gasteiger partial charge in [-0.3, -0.25) is 9.59 Å². The summed E-state index contributed by atoms with van der Waals surface area (Å²) in [5.41, 5.74) is 1.60. The summed E-state index contributed by atoms with van der Waals surface area (Å²) >= 11 is 1.48. The van der Waals surface area contributed by atoms with Crippen molar-refractivity contribution in [3.8, 4) is 0 Å². The first-order valence-corrected chi connectivity index (χ1v) is 8.81. The summed E-state index contributed by atoms with van der Waals surface area (Å²) in [6, 6.07) is 11.9. The molecule has 120 valence electrons. The molecule has 1 aliphatic rings. The molecule has 2 N–H and O–H groups in total. The van der Waals surface area contributed by atoms with E-state index in [0.717, 1.165) is 19.3 Å². The molecule has 0 radical (unpaired) electrons. The predicted octanol–water partition coefficient (Wildman–Crippen LogP) is 3.06. The fourth-order valence-electron chi connectivity index (χ4n) is 2.89. The molecule has 1 heterocycles. The fourth-order valence-corrected chi connectivity index (χ4v) is 3.52. The first kappa shape index (κ1) is 15.7. The third kappa shape index (κ3) is 3.62. The molecular weight excluding hydrogens is 308 g/mol. The Morgan fingerprint density at radius 1 is 1.13 bits per heavy atom. The van der Waals surface area contributed by atoms with Gasteiger partial charge in [-0.05, 0) is 36.3 Å². The zero-order valence-electron chi connectivity index (χ0n) is 12.9. The summed E-state index contributed by atoms with van der Waals surface area (Å²) in [6.45, 7) is 0.353. The molecule has 0 unspecified atom stereocenters. The van der Waals surface area contributed by atoms with E-state index in [4.69, 9.17) is 0 Å². The third-order valence-corrected chi connectivity index (χ3v) is 5.02. The van der Waals surface area contributed by atoms with Gasteiger partial charge in [0.15, 0.2) is 0 Å². The zero-order chi connectivity index (χ0) is 16.1. The molecule has 4 nitrogen and oxygen atoms in total. The second kappa shape index (κ2) is 6.96. The Morgan fingerprint density at radius 2 is 1.91 bits per heavy atom. The number of rotatable bonds is 6. The van der Waals surface area contributed by atoms with E-state index >= 15 is 0 Å². The van der Waals surface area contributed by atoms with Crippen LogP contribution in [0.25, 0.3) is 0 Å². The van der Waals surface area contributed by atoms with Crippen molar-refractivity contribution in [2.75, 3.05) is 6.54 Å². The van der Waals surface area contributed by atoms with Crippen LogP contribution >= 0.6 is 11.3 Å². The molecule has 0 saturated heterocycles. The molecule has 1 aromatic carbocycles. The van der Waals surface area contributed by atoms with Gasteiger partial charge in [-0.15, -0.1) is 0 Å². The molecule has 5 heteroatoms. The summed E-state index contributed by atoms with van der Waals surface area (Å²) in [5.74, 6) is -0.139. The number of thiophene rings is 1. The molecule has 1 aromatic heterocycles. The van der Waals surface area contributed by atoms with Crippen molar-refractivity contribution in [2.45, 2.75) is 31.2 Å². The maximum Gasteiger partial charge on any atom is 0.252 e. The minimum Gasteiger partial charge on any atom is -0.351 e. The van der Waals surface area contributed by atoms with Crippen molar-refractivity contribution in [2.24, 2.45) is 0 Å². The highest BCUT2D eigenvalue weighted by Gasteiger charge is 2.39. The van der Waals surface area contributed by atoms with E-state index in [1.54, 1.807) is 11.4 Å². The van der Waals surface area contributed by atoms with Crippen LogP contribution in [0.5, 0.6) is 0 Å². The second-order valence-electron chi connectivity index (χ2n) is 5.87. The zero-order valence-corrected chi connectivity index (χ0v) is 13.7. The second-order valence-corrected chi connectivity index (χ2v) is 6.65. The summed E-state index contributed by atoms with van der Waals surface area (Å²) in [4.78, 5) is 24.1. The van der Waals surface area contributed by atoms with Gasteiger partial charge in [0, 0.05) is 23.9 Å². The number of hydrogen-bond donors (Lipinski definition) is 2. The van der Waals surface area contributed by atoms with Crippen LogP contribution in [0.15, 0.2) is 47.2 Å². The molecule has 2 amide bonds. The Morgan fingerprint density at radius 3 is 2.52 bits per heavy atom. The van der Waals surface area contributed by atoms with Gasteiger partial charge in [-0.25, -0.2) is 0 Å². The van der Waals surface area contributed by atoms with Crippen molar-refractivity contribution < 1.29 is 9.59 Å². The van der Waals surface area contributed by atoms with E-state index in [-0.39, 0.29) is 17.4 Å². The highest BCUT2D eigenvalue weighted by Crippen LogP contribution is 2.41. The number of carbonyl (C=O) groups is 2. The van der Waals surface area contributed by atoms with Crippen LogP contribution in [-0.4, -0.2) is 18.4 Å². The molecule has 1 saturated carbocycles. The smallest absolute Gasteiger partial charge is 0.252 e. The van der Waals surface area contributed by atoms with Gasteiger partial charge >= 0.3 is 0 Å². The molecule has 23 heavy (non-hydrogen) atoms. The van der Waals surface area contributed by atoms with Gasteiger partial charge in [0.25, 0.3) is 5.91 Å². The SMILES string of the molecule is O=C(CCNC(=O)c1ccsc1)NC1(c2ccccc2)CCC1. The number of nitrogens with one attached hydrogen (secondary N) is 2. The lowest BCUT2D eigenvalue weighted by Gasteiger charge is -2.43. The third-order valence-electron chi connectivity index (χ3n) is 4.33. The van der Waals surface area contributed by atoms with Crippen LogP contribution in [0, 0.1) is 0 Å². The van der Waals surface area contributed by atoms with E-state index in [1.165, 1.54) is 16.9 Å². The quantitative estimate of drug-likeness (QED) is 0.856. The highest BCUT2D eigenvalue weighted by atomic mass is 32.1. The maximum absolute atomic E-state index is 12.2. The maximum atomic E-state index is 12.2. The minimum absolute atomic E-state index is 0.0147. The van der Waals surface area contributed by atoms with Crippen LogP contribution in [-0.2, 0) is 10.3 Å². The first-order valence-electron chi connectivity index (χ1n) is 7.87. The van der Waals surface area contributed by atoms with E-state index in [9.17, 15) is 9.59 Å². The van der Waals surface area contributed by atoms with Gasteiger partial charge < -0.3 is 10.6 Å². The van der Waals surface area contributed by atoms with Crippen molar-refractivity contribution in [1.82, 2.24) is 10.6 Å². The molecule has 1 aliphatic carbocycles. The van der Waals surface area contributed by atoms with Crippen LogP contribution in [0.2, 0.25) is 0 Å². The highest BCUT2D eigenvalue weighted by molar-refractivity contribution is 7.08. The summed E-state index contributed by atoms with van der Waals surface area (Å²) < 4.78 is 0. The first-order chi connectivity index (χ1) is 11.2. The number of benzene rings is 1. The Labute approximate surface area is 139 Å². The van der Waals surface area contributed by atoms with Crippen LogP contribution in [0.3, 0.4) is 0 Å². The topological polar surface area (TPSA) is 58.2 Å². The van der Waals surface area contributed by atoms with E-state index < -0.39 is 0 Å². The lowest BCUT2D eigenvalue weighted by molar-refractivity contribution is -0.124. The Hall–Kier alpha value is -2.14. The lowest BCUT2D eigenvalue weighted by Crippen LogP contribution is -2.51. The van der Waals surface area contributed by atoms with Gasteiger partial charge in [0.05, 0.1) is 5.54 Å². The largest absolute Gasteiger partial charge is 0.351 e. The van der Waals surface area contributed by atoms with Crippen LogP contribution in [0.1, 0.15) is 41.6 Å². The lowest BCUT2D eigenvalue weighted by atomic mass is 9.71. The van der Waals surface area contributed by atoms with Gasteiger partial charge in [0.1, 0.15) is 0 Å². The summed E-state index contributed by atoms with van der Waals surface area (Å²) in [5, 5.41) is 9.61. The predicted molar refractivity (Wildman–Crippen MR) is 91.4 cm³/mol. The molecule has 3 rings (SSSR count). The average Bonchev–Trinajstić information content (AvgIpc) is 3.06. The average molecular weight is 328 g/mol. The molecule has 0 aliphatic heterocycles. The van der Waals surface area contributed by atoms with Crippen molar-refractivity contribution in [3.63, 3.8) is 0 Å². The van der Waals surface area contributed by atoms with E-state index in [1.807, 2.05) is 23.6 Å². The Balaban J connectivity index is 1.50. The number of hydrogen-bond acceptors (Lipinski definition) is 3. The Bertz CT molecular complexity index is 664. The standard InChI is InChI=1S/C18H20N2O2S/c21-16(7-11-19-17(22)14-8-12-23-13-14)20-18(9-4-10-18)15-5-2-1-3-6-15/h1-3,5-6,8,12-13H,4,7,9-11H2,(H,19,22)(H,20,21). The number of amides is 2. The van der Waals surface area contributed by atoms with Crippen LogP contribution < -0.4 is 10.6 Å².